The highest BCUT2D eigenvalue weighted by Crippen LogP contribution is 2.10. The summed E-state index contributed by atoms with van der Waals surface area (Å²) < 4.78 is 0. The van der Waals surface area contributed by atoms with Crippen molar-refractivity contribution >= 4 is 12.6 Å². The van der Waals surface area contributed by atoms with Crippen molar-refractivity contribution in [2.45, 2.75) is 18.2 Å². The molecule has 0 unspecified atom stereocenters. The SMILES string of the molecule is C=C(C)Cc1ccc(S)cc1. The van der Waals surface area contributed by atoms with Crippen molar-refractivity contribution in [3.8, 4) is 0 Å². The second-order valence-corrected chi connectivity index (χ2v) is 3.32. The van der Waals surface area contributed by atoms with E-state index < -0.39 is 0 Å². The topological polar surface area (TPSA) is 0 Å². The molecule has 0 bridgehead atoms. The number of allylic oxidation sites excluding steroid dienone is 1. The van der Waals surface area contributed by atoms with Crippen LogP contribution in [0.4, 0.5) is 0 Å². The average Bonchev–Trinajstić information content (AvgIpc) is 1.93. The maximum atomic E-state index is 4.20. The van der Waals surface area contributed by atoms with Crippen molar-refractivity contribution in [2.24, 2.45) is 0 Å². The first-order valence-electron chi connectivity index (χ1n) is 3.61. The molecule has 0 nitrogen and oxygen atoms in total. The molecule has 0 radical (unpaired) electrons. The molecule has 0 heterocycles. The van der Waals surface area contributed by atoms with Gasteiger partial charge in [0, 0.05) is 4.90 Å². The van der Waals surface area contributed by atoms with Crippen LogP contribution >= 0.6 is 12.6 Å². The molecule has 0 atom stereocenters. The molecule has 0 aliphatic rings. The van der Waals surface area contributed by atoms with Gasteiger partial charge in [0.1, 0.15) is 0 Å². The Balaban J connectivity index is 2.74. The van der Waals surface area contributed by atoms with Gasteiger partial charge in [-0.2, -0.15) is 0 Å². The largest absolute Gasteiger partial charge is 0.143 e. The highest BCUT2D eigenvalue weighted by molar-refractivity contribution is 7.80. The van der Waals surface area contributed by atoms with Gasteiger partial charge in [-0.1, -0.05) is 24.3 Å². The van der Waals surface area contributed by atoms with Crippen molar-refractivity contribution < 1.29 is 0 Å². The van der Waals surface area contributed by atoms with Crippen LogP contribution in [0.1, 0.15) is 12.5 Å². The van der Waals surface area contributed by atoms with E-state index in [-0.39, 0.29) is 0 Å². The Hall–Kier alpha value is -0.690. The molecule has 11 heavy (non-hydrogen) atoms. The van der Waals surface area contributed by atoms with Crippen molar-refractivity contribution in [1.82, 2.24) is 0 Å². The van der Waals surface area contributed by atoms with Crippen LogP contribution in [-0.2, 0) is 6.42 Å². The van der Waals surface area contributed by atoms with E-state index in [9.17, 15) is 0 Å². The molecule has 1 rings (SSSR count). The fourth-order valence-corrected chi connectivity index (χ4v) is 1.11. The first-order valence-corrected chi connectivity index (χ1v) is 4.05. The van der Waals surface area contributed by atoms with Crippen LogP contribution in [0.5, 0.6) is 0 Å². The highest BCUT2D eigenvalue weighted by Gasteiger charge is 1.91. The fraction of sp³-hybridized carbons (Fsp3) is 0.200. The number of thiol groups is 1. The van der Waals surface area contributed by atoms with E-state index in [0.29, 0.717) is 0 Å². The molecular weight excluding hydrogens is 152 g/mol. The van der Waals surface area contributed by atoms with E-state index in [4.69, 9.17) is 0 Å². The molecule has 0 aliphatic carbocycles. The molecule has 0 aromatic heterocycles. The van der Waals surface area contributed by atoms with Gasteiger partial charge in [-0.3, -0.25) is 0 Å². The molecule has 1 aromatic rings. The molecule has 1 aromatic carbocycles. The van der Waals surface area contributed by atoms with Crippen LogP contribution in [0.25, 0.3) is 0 Å². The van der Waals surface area contributed by atoms with E-state index in [1.165, 1.54) is 11.1 Å². The summed E-state index contributed by atoms with van der Waals surface area (Å²) >= 11 is 4.20. The van der Waals surface area contributed by atoms with Crippen LogP contribution in [0.15, 0.2) is 41.3 Å². The number of rotatable bonds is 2. The van der Waals surface area contributed by atoms with Gasteiger partial charge >= 0.3 is 0 Å². The monoisotopic (exact) mass is 164 g/mol. The fourth-order valence-electron chi connectivity index (χ4n) is 0.962. The summed E-state index contributed by atoms with van der Waals surface area (Å²) in [6, 6.07) is 8.16. The van der Waals surface area contributed by atoms with Crippen LogP contribution in [0, 0.1) is 0 Å². The zero-order valence-corrected chi connectivity index (χ0v) is 7.57. The number of hydrogen-bond donors (Lipinski definition) is 1. The summed E-state index contributed by atoms with van der Waals surface area (Å²) in [6.45, 7) is 5.89. The van der Waals surface area contributed by atoms with Crippen molar-refractivity contribution in [1.29, 1.82) is 0 Å². The lowest BCUT2D eigenvalue weighted by atomic mass is 10.1. The second-order valence-electron chi connectivity index (χ2n) is 2.80. The minimum atomic E-state index is 0.966. The van der Waals surface area contributed by atoms with Gasteiger partial charge in [-0.25, -0.2) is 0 Å². The smallest absolute Gasteiger partial charge is 0.00401 e. The van der Waals surface area contributed by atoms with E-state index in [1.54, 1.807) is 0 Å². The third kappa shape index (κ3) is 2.81. The maximum absolute atomic E-state index is 4.20. The lowest BCUT2D eigenvalue weighted by Crippen LogP contribution is -1.83. The maximum Gasteiger partial charge on any atom is 0.00401 e. The van der Waals surface area contributed by atoms with Crippen molar-refractivity contribution in [3.63, 3.8) is 0 Å². The minimum Gasteiger partial charge on any atom is -0.143 e. The predicted molar refractivity (Wildman–Crippen MR) is 52.2 cm³/mol. The summed E-state index contributed by atoms with van der Waals surface area (Å²) in [5.41, 5.74) is 2.49. The van der Waals surface area contributed by atoms with Crippen molar-refractivity contribution in [2.75, 3.05) is 0 Å². The molecule has 0 amide bonds. The highest BCUT2D eigenvalue weighted by atomic mass is 32.1. The summed E-state index contributed by atoms with van der Waals surface area (Å²) in [6.07, 6.45) is 0.966. The Morgan fingerprint density at radius 2 is 1.91 bits per heavy atom. The molecule has 0 saturated heterocycles. The zero-order valence-electron chi connectivity index (χ0n) is 6.67. The van der Waals surface area contributed by atoms with Gasteiger partial charge in [-0.15, -0.1) is 12.6 Å². The Bertz CT molecular complexity index is 246. The lowest BCUT2D eigenvalue weighted by molar-refractivity contribution is 1.15. The average molecular weight is 164 g/mol. The molecule has 0 fully saturated rings. The van der Waals surface area contributed by atoms with Gasteiger partial charge < -0.3 is 0 Å². The van der Waals surface area contributed by atoms with Gasteiger partial charge in [-0.05, 0) is 31.0 Å². The Morgan fingerprint density at radius 1 is 1.36 bits per heavy atom. The molecule has 1 heteroatoms. The molecule has 0 aliphatic heterocycles. The molecule has 0 N–H and O–H groups in total. The second kappa shape index (κ2) is 3.63. The summed E-state index contributed by atoms with van der Waals surface area (Å²) in [7, 11) is 0. The summed E-state index contributed by atoms with van der Waals surface area (Å²) in [5.74, 6) is 0. The molecule has 58 valence electrons. The third-order valence-corrected chi connectivity index (χ3v) is 1.74. The minimum absolute atomic E-state index is 0.966. The quantitative estimate of drug-likeness (QED) is 0.504. The third-order valence-electron chi connectivity index (χ3n) is 1.44. The normalized spacial score (nSPS) is 9.64. The van der Waals surface area contributed by atoms with E-state index in [0.717, 1.165) is 11.3 Å². The van der Waals surface area contributed by atoms with Crippen LogP contribution in [-0.4, -0.2) is 0 Å². The Kier molecular flexibility index (Phi) is 2.77. The van der Waals surface area contributed by atoms with Crippen molar-refractivity contribution in [3.05, 3.63) is 42.0 Å². The van der Waals surface area contributed by atoms with E-state index in [2.05, 4.69) is 31.3 Å². The molecule has 0 spiro atoms. The summed E-state index contributed by atoms with van der Waals surface area (Å²) in [4.78, 5) is 1.01. The van der Waals surface area contributed by atoms with Gasteiger partial charge in [0.25, 0.3) is 0 Å². The molecule has 0 saturated carbocycles. The molecular formula is C10H12S. The predicted octanol–water partition coefficient (Wildman–Crippen LogP) is 3.09. The Labute approximate surface area is 73.4 Å². The van der Waals surface area contributed by atoms with Crippen LogP contribution in [0.2, 0.25) is 0 Å². The summed E-state index contributed by atoms with van der Waals surface area (Å²) in [5, 5.41) is 0. The standard InChI is InChI=1S/C10H12S/c1-8(2)7-9-3-5-10(11)6-4-9/h3-6,11H,1,7H2,2H3. The number of benzene rings is 1. The first kappa shape index (κ1) is 8.41. The Morgan fingerprint density at radius 3 is 2.36 bits per heavy atom. The van der Waals surface area contributed by atoms with Crippen LogP contribution < -0.4 is 0 Å². The number of hydrogen-bond acceptors (Lipinski definition) is 1. The van der Waals surface area contributed by atoms with Gasteiger partial charge in [0.2, 0.25) is 0 Å². The van der Waals surface area contributed by atoms with Gasteiger partial charge in [0.15, 0.2) is 0 Å². The van der Waals surface area contributed by atoms with E-state index in [1.807, 2.05) is 19.1 Å². The van der Waals surface area contributed by atoms with Gasteiger partial charge in [0.05, 0.1) is 0 Å². The first-order chi connectivity index (χ1) is 5.18. The van der Waals surface area contributed by atoms with E-state index >= 15 is 0 Å². The van der Waals surface area contributed by atoms with Crippen LogP contribution in [0.3, 0.4) is 0 Å². The zero-order chi connectivity index (χ0) is 8.27. The lowest BCUT2D eigenvalue weighted by Gasteiger charge is -1.99.